The number of fused-ring (bicyclic) bond motifs is 7. The Kier molecular flexibility index (Phi) is 9.30. The Hall–Kier alpha value is -8.22. The molecule has 67 heavy (non-hydrogen) atoms. The molecule has 0 atom stereocenters. The van der Waals surface area contributed by atoms with Crippen LogP contribution in [0.3, 0.4) is 0 Å². The first-order valence-electron chi connectivity index (χ1n) is 23.0. The number of rotatable bonds is 8. The molecule has 0 radical (unpaired) electrons. The van der Waals surface area contributed by atoms with Gasteiger partial charge in [-0.05, 0) is 95.6 Å². The standard InChI is InChI=1S/C61H48N4O2/c1-60(2,3)42-33-34-62-57(37-42)65-51-27-14-12-23-47(51)48-32-31-44(38-54(48)65)66-56-36-43(35-50-49-24-13-17-30-55(49)67-59(50)56)61(4,5)64-39-63(52-28-15-16-29-53(52)64)58-45(40-19-8-6-9-20-40)25-18-26-46(58)41-21-10-7-11-22-41/h6-38H,1-5H3. The van der Waals surface area contributed by atoms with Crippen LogP contribution in [-0.2, 0) is 11.0 Å². The van der Waals surface area contributed by atoms with E-state index in [-0.39, 0.29) is 5.41 Å². The van der Waals surface area contributed by atoms with Crippen LogP contribution in [0.15, 0.2) is 205 Å². The van der Waals surface area contributed by atoms with E-state index in [1.807, 2.05) is 18.3 Å². The van der Waals surface area contributed by atoms with Gasteiger partial charge in [0.25, 0.3) is 0 Å². The lowest BCUT2D eigenvalue weighted by Gasteiger charge is -2.26. The van der Waals surface area contributed by atoms with Crippen LogP contribution in [0.1, 0.15) is 45.7 Å². The molecule has 0 N–H and O–H groups in total. The molecule has 4 aromatic heterocycles. The summed E-state index contributed by atoms with van der Waals surface area (Å²) in [7, 11) is 0. The Bertz CT molecular complexity index is 3790. The smallest absolute Gasteiger partial charge is 0.245 e. The average Bonchev–Trinajstić information content (AvgIpc) is 4.04. The average molecular weight is 869 g/mol. The van der Waals surface area contributed by atoms with Crippen LogP contribution in [0, 0.1) is 6.33 Å². The number of aromatic nitrogens is 4. The maximum atomic E-state index is 7.11. The van der Waals surface area contributed by atoms with E-state index < -0.39 is 5.54 Å². The summed E-state index contributed by atoms with van der Waals surface area (Å²) in [6, 6.07) is 68.3. The van der Waals surface area contributed by atoms with Crippen molar-refractivity contribution in [3.8, 4) is 45.3 Å². The van der Waals surface area contributed by atoms with E-state index in [1.54, 1.807) is 0 Å². The Morgan fingerprint density at radius 3 is 1.91 bits per heavy atom. The van der Waals surface area contributed by atoms with E-state index in [1.165, 1.54) is 5.56 Å². The van der Waals surface area contributed by atoms with Crippen LogP contribution in [-0.4, -0.2) is 14.1 Å². The SMILES string of the molecule is CC(C)(C)c1ccnc(-n2c3ccccc3c3ccc(Oc4cc(C(C)(C)n5[c-][n+](-c6c(-c7ccccc7)cccc6-c6ccccc6)c6ccccc65)cc5c4oc4ccccc45)cc32)c1. The first-order chi connectivity index (χ1) is 32.6. The lowest BCUT2D eigenvalue weighted by Crippen LogP contribution is -2.34. The number of para-hydroxylation sites is 5. The first-order valence-corrected chi connectivity index (χ1v) is 23.0. The van der Waals surface area contributed by atoms with E-state index in [4.69, 9.17) is 14.1 Å². The monoisotopic (exact) mass is 868 g/mol. The van der Waals surface area contributed by atoms with Gasteiger partial charge in [-0.15, -0.1) is 0 Å². The predicted molar refractivity (Wildman–Crippen MR) is 273 cm³/mol. The number of pyridine rings is 1. The molecule has 0 unspecified atom stereocenters. The molecule has 0 aliphatic heterocycles. The molecule has 8 aromatic carbocycles. The highest BCUT2D eigenvalue weighted by Crippen LogP contribution is 2.44. The van der Waals surface area contributed by atoms with Crippen molar-refractivity contribution in [1.82, 2.24) is 14.1 Å². The summed E-state index contributed by atoms with van der Waals surface area (Å²) < 4.78 is 20.6. The fourth-order valence-corrected chi connectivity index (χ4v) is 9.88. The Labute approximate surface area is 389 Å². The molecule has 12 rings (SSSR count). The van der Waals surface area contributed by atoms with Crippen molar-refractivity contribution < 1.29 is 13.7 Å². The first kappa shape index (κ1) is 40.3. The van der Waals surface area contributed by atoms with Crippen LogP contribution in [0.25, 0.3) is 88.5 Å². The highest BCUT2D eigenvalue weighted by molar-refractivity contribution is 6.10. The molecule has 6 nitrogen and oxygen atoms in total. The third-order valence-corrected chi connectivity index (χ3v) is 13.4. The van der Waals surface area contributed by atoms with Crippen molar-refractivity contribution in [3.63, 3.8) is 0 Å². The molecule has 0 saturated heterocycles. The molecule has 0 fully saturated rings. The Morgan fingerprint density at radius 2 is 1.18 bits per heavy atom. The van der Waals surface area contributed by atoms with E-state index in [9.17, 15) is 0 Å². The lowest BCUT2D eigenvalue weighted by atomic mass is 9.88. The summed E-state index contributed by atoms with van der Waals surface area (Å²) in [5, 5.41) is 4.30. The molecule has 0 aliphatic carbocycles. The van der Waals surface area contributed by atoms with Gasteiger partial charge in [0.15, 0.2) is 11.3 Å². The summed E-state index contributed by atoms with van der Waals surface area (Å²) in [6.45, 7) is 11.2. The second-order valence-corrected chi connectivity index (χ2v) is 19.0. The molecule has 6 heteroatoms. The van der Waals surface area contributed by atoms with Crippen molar-refractivity contribution in [2.24, 2.45) is 0 Å². The van der Waals surface area contributed by atoms with Gasteiger partial charge in [0.1, 0.15) is 22.7 Å². The summed E-state index contributed by atoms with van der Waals surface area (Å²) in [6.07, 6.45) is 5.86. The highest BCUT2D eigenvalue weighted by atomic mass is 16.5. The molecule has 0 amide bonds. The molecule has 324 valence electrons. The van der Waals surface area contributed by atoms with Gasteiger partial charge in [0, 0.05) is 39.4 Å². The maximum Gasteiger partial charge on any atom is 0.245 e. The van der Waals surface area contributed by atoms with Crippen LogP contribution in [0.4, 0.5) is 0 Å². The molecule has 4 heterocycles. The number of ether oxygens (including phenoxy) is 1. The molecule has 12 aromatic rings. The molecule has 0 aliphatic rings. The number of imidazole rings is 1. The molecule has 0 saturated carbocycles. The zero-order chi connectivity index (χ0) is 45.4. The minimum atomic E-state index is -0.635. The minimum Gasteiger partial charge on any atom is -0.453 e. The van der Waals surface area contributed by atoms with E-state index in [0.717, 1.165) is 88.5 Å². The second kappa shape index (κ2) is 15.5. The number of nitrogens with zero attached hydrogens (tertiary/aromatic N) is 4. The third kappa shape index (κ3) is 6.70. The van der Waals surface area contributed by atoms with Gasteiger partial charge in [-0.3, -0.25) is 4.57 Å². The second-order valence-electron chi connectivity index (χ2n) is 19.0. The van der Waals surface area contributed by atoms with E-state index in [0.29, 0.717) is 17.1 Å². The molecular formula is C61H48N4O2. The fraction of sp³-hybridized carbons (Fsp3) is 0.115. The minimum absolute atomic E-state index is 0.0375. The van der Waals surface area contributed by atoms with Crippen molar-refractivity contribution in [2.45, 2.75) is 45.6 Å². The van der Waals surface area contributed by atoms with Gasteiger partial charge in [-0.25, -0.2) is 4.98 Å². The number of hydrogen-bond donors (Lipinski definition) is 0. The van der Waals surface area contributed by atoms with Crippen molar-refractivity contribution >= 4 is 54.8 Å². The van der Waals surface area contributed by atoms with E-state index in [2.05, 4.69) is 237 Å². The Morgan fingerprint density at radius 1 is 0.537 bits per heavy atom. The van der Waals surface area contributed by atoms with Gasteiger partial charge in [-0.1, -0.05) is 160 Å². The van der Waals surface area contributed by atoms with Crippen molar-refractivity contribution in [1.29, 1.82) is 0 Å². The molecule has 0 spiro atoms. The van der Waals surface area contributed by atoms with Gasteiger partial charge < -0.3 is 18.3 Å². The predicted octanol–water partition coefficient (Wildman–Crippen LogP) is 15.3. The number of furan rings is 1. The van der Waals surface area contributed by atoms with Crippen LogP contribution in [0.5, 0.6) is 11.5 Å². The summed E-state index contributed by atoms with van der Waals surface area (Å²) >= 11 is 0. The van der Waals surface area contributed by atoms with Gasteiger partial charge in [0.05, 0.1) is 27.8 Å². The lowest BCUT2D eigenvalue weighted by molar-refractivity contribution is -0.572. The topological polar surface area (TPSA) is 49.0 Å². The van der Waals surface area contributed by atoms with Crippen LogP contribution < -0.4 is 9.30 Å². The van der Waals surface area contributed by atoms with Gasteiger partial charge in [0.2, 0.25) is 6.33 Å². The molecular weight excluding hydrogens is 821 g/mol. The van der Waals surface area contributed by atoms with Crippen molar-refractivity contribution in [2.75, 3.05) is 0 Å². The molecule has 0 bridgehead atoms. The van der Waals surface area contributed by atoms with Crippen LogP contribution >= 0.6 is 0 Å². The summed E-state index contributed by atoms with van der Waals surface area (Å²) in [4.78, 5) is 4.92. The quantitative estimate of drug-likeness (QED) is 0.113. The number of benzene rings is 8. The fourth-order valence-electron chi connectivity index (χ4n) is 9.88. The van der Waals surface area contributed by atoms with Crippen molar-refractivity contribution in [3.05, 3.63) is 218 Å². The largest absolute Gasteiger partial charge is 0.453 e. The van der Waals surface area contributed by atoms with E-state index >= 15 is 0 Å². The van der Waals surface area contributed by atoms with Crippen LogP contribution in [0.2, 0.25) is 0 Å². The highest BCUT2D eigenvalue weighted by Gasteiger charge is 2.32. The summed E-state index contributed by atoms with van der Waals surface area (Å²) in [5.74, 6) is 2.20. The Balaban J connectivity index is 1.04. The normalized spacial score (nSPS) is 12.3. The zero-order valence-electron chi connectivity index (χ0n) is 38.2. The van der Waals surface area contributed by atoms with Gasteiger partial charge in [-0.2, -0.15) is 0 Å². The summed E-state index contributed by atoms with van der Waals surface area (Å²) in [5.41, 5.74) is 12.9. The zero-order valence-corrected chi connectivity index (χ0v) is 38.2. The maximum absolute atomic E-state index is 7.11. The third-order valence-electron chi connectivity index (χ3n) is 13.4. The number of hydrogen-bond acceptors (Lipinski definition) is 3. The van der Waals surface area contributed by atoms with Gasteiger partial charge >= 0.3 is 0 Å².